The van der Waals surface area contributed by atoms with Gasteiger partial charge in [0.25, 0.3) is 0 Å². The second kappa shape index (κ2) is 9.94. The summed E-state index contributed by atoms with van der Waals surface area (Å²) < 4.78 is 52.0. The molecule has 0 bridgehead atoms. The highest BCUT2D eigenvalue weighted by atomic mass is 32.2. The summed E-state index contributed by atoms with van der Waals surface area (Å²) in [5.74, 6) is 0. The monoisotopic (exact) mass is 252 g/mol. The molecule has 0 fully saturated rings. The average Bonchev–Trinajstić information content (AvgIpc) is 2.03. The van der Waals surface area contributed by atoms with E-state index in [1.54, 1.807) is 13.0 Å². The maximum atomic E-state index is 11.0. The molecule has 15 heavy (non-hydrogen) atoms. The third-order valence-corrected chi connectivity index (χ3v) is 1.39. The standard InChI is InChI=1S/C3H6.C2H3F3O2S.C2H6O2/c1-3-2;1-8(6,7)2(3,4)5;1-2-4-3/h3H,1H2,2H3;1H3;3H,2H2,1H3. The number of halogens is 3. The highest BCUT2D eigenvalue weighted by molar-refractivity contribution is 7.91. The lowest BCUT2D eigenvalue weighted by Crippen LogP contribution is -2.20. The van der Waals surface area contributed by atoms with Gasteiger partial charge in [-0.15, -0.1) is 6.58 Å². The summed E-state index contributed by atoms with van der Waals surface area (Å²) in [6.45, 7) is 7.33. The van der Waals surface area contributed by atoms with Gasteiger partial charge < -0.3 is 0 Å². The van der Waals surface area contributed by atoms with Crippen LogP contribution >= 0.6 is 0 Å². The van der Waals surface area contributed by atoms with Crippen LogP contribution in [-0.4, -0.2) is 32.0 Å². The molecule has 0 unspecified atom stereocenters. The van der Waals surface area contributed by atoms with Crippen molar-refractivity contribution in [1.29, 1.82) is 0 Å². The van der Waals surface area contributed by atoms with Crippen LogP contribution in [0.1, 0.15) is 13.8 Å². The van der Waals surface area contributed by atoms with Crippen LogP contribution in [0.25, 0.3) is 0 Å². The molecule has 0 aromatic rings. The summed E-state index contributed by atoms with van der Waals surface area (Å²) in [6, 6.07) is 0. The molecule has 0 saturated carbocycles. The second-order valence-electron chi connectivity index (χ2n) is 2.04. The SMILES string of the molecule is C=CC.CCOO.CS(=O)(=O)C(F)(F)F. The van der Waals surface area contributed by atoms with Crippen molar-refractivity contribution in [2.24, 2.45) is 0 Å². The minimum absolute atomic E-state index is 0.118. The van der Waals surface area contributed by atoms with Crippen molar-refractivity contribution in [3.05, 3.63) is 12.7 Å². The van der Waals surface area contributed by atoms with E-state index in [0.29, 0.717) is 6.61 Å². The number of allylic oxidation sites excluding steroid dienone is 1. The van der Waals surface area contributed by atoms with Gasteiger partial charge in [0, 0.05) is 6.26 Å². The first-order valence-electron chi connectivity index (χ1n) is 3.68. The van der Waals surface area contributed by atoms with Gasteiger partial charge in [-0.1, -0.05) is 6.08 Å². The molecular weight excluding hydrogens is 237 g/mol. The molecule has 0 aliphatic heterocycles. The minimum atomic E-state index is -5.09. The topological polar surface area (TPSA) is 63.6 Å². The van der Waals surface area contributed by atoms with Crippen molar-refractivity contribution >= 4 is 9.84 Å². The maximum Gasteiger partial charge on any atom is 0.497 e. The van der Waals surface area contributed by atoms with Crippen LogP contribution in [-0.2, 0) is 14.7 Å². The Morgan fingerprint density at radius 1 is 1.47 bits per heavy atom. The average molecular weight is 252 g/mol. The van der Waals surface area contributed by atoms with E-state index in [1.807, 2.05) is 6.92 Å². The Bertz CT molecular complexity index is 231. The molecule has 4 nitrogen and oxygen atoms in total. The number of hydrogen-bond donors (Lipinski definition) is 1. The number of rotatable bonds is 1. The maximum absolute atomic E-state index is 11.0. The van der Waals surface area contributed by atoms with E-state index < -0.39 is 15.3 Å². The van der Waals surface area contributed by atoms with Gasteiger partial charge in [0.15, 0.2) is 0 Å². The summed E-state index contributed by atoms with van der Waals surface area (Å²) in [5.41, 5.74) is -5.09. The molecule has 8 heteroatoms. The van der Waals surface area contributed by atoms with Crippen LogP contribution in [0.4, 0.5) is 13.2 Å². The van der Waals surface area contributed by atoms with Gasteiger partial charge in [-0.2, -0.15) is 13.2 Å². The fraction of sp³-hybridized carbons (Fsp3) is 0.714. The first-order valence-corrected chi connectivity index (χ1v) is 5.57. The van der Waals surface area contributed by atoms with Gasteiger partial charge in [0.1, 0.15) is 0 Å². The summed E-state index contributed by atoms with van der Waals surface area (Å²) >= 11 is 0. The number of sulfone groups is 1. The smallest absolute Gasteiger partial charge is 0.252 e. The normalized spacial score (nSPS) is 10.3. The predicted octanol–water partition coefficient (Wildman–Crippen LogP) is 2.24. The molecule has 0 aromatic carbocycles. The molecule has 0 heterocycles. The van der Waals surface area contributed by atoms with E-state index in [9.17, 15) is 21.6 Å². The molecule has 0 rings (SSSR count). The zero-order chi connectivity index (χ0) is 13.1. The molecule has 1 N–H and O–H groups in total. The molecule has 0 saturated heterocycles. The quantitative estimate of drug-likeness (QED) is 0.441. The van der Waals surface area contributed by atoms with E-state index in [-0.39, 0.29) is 6.26 Å². The summed E-state index contributed by atoms with van der Waals surface area (Å²) in [7, 11) is -4.84. The molecule has 0 radical (unpaired) electrons. The lowest BCUT2D eigenvalue weighted by atomic mass is 10.8. The molecule has 0 aromatic heterocycles. The van der Waals surface area contributed by atoms with Crippen LogP contribution in [0.2, 0.25) is 0 Å². The molecular formula is C7H15F3O4S. The molecule has 0 spiro atoms. The van der Waals surface area contributed by atoms with Crippen molar-refractivity contribution in [1.82, 2.24) is 0 Å². The van der Waals surface area contributed by atoms with Gasteiger partial charge in [-0.25, -0.2) is 13.3 Å². The highest BCUT2D eigenvalue weighted by Gasteiger charge is 2.41. The Balaban J connectivity index is -0.000000173. The van der Waals surface area contributed by atoms with Crippen molar-refractivity contribution < 1.29 is 31.7 Å². The van der Waals surface area contributed by atoms with Crippen molar-refractivity contribution in [2.75, 3.05) is 12.9 Å². The number of hydrogen-bond acceptors (Lipinski definition) is 4. The Kier molecular flexibility index (Phi) is 13.2. The zero-order valence-corrected chi connectivity index (χ0v) is 9.52. The Labute approximate surface area is 87.2 Å². The molecule has 0 atom stereocenters. The molecule has 0 aliphatic carbocycles. The predicted molar refractivity (Wildman–Crippen MR) is 51.0 cm³/mol. The van der Waals surface area contributed by atoms with Crippen LogP contribution in [0, 0.1) is 0 Å². The van der Waals surface area contributed by atoms with Crippen LogP contribution in [0.3, 0.4) is 0 Å². The minimum Gasteiger partial charge on any atom is -0.252 e. The van der Waals surface area contributed by atoms with Crippen LogP contribution in [0.15, 0.2) is 12.7 Å². The highest BCUT2D eigenvalue weighted by Crippen LogP contribution is 2.20. The van der Waals surface area contributed by atoms with Gasteiger partial charge in [0.2, 0.25) is 9.84 Å². The van der Waals surface area contributed by atoms with Crippen molar-refractivity contribution in [3.8, 4) is 0 Å². The van der Waals surface area contributed by atoms with E-state index >= 15 is 0 Å². The van der Waals surface area contributed by atoms with Crippen molar-refractivity contribution in [3.63, 3.8) is 0 Å². The third kappa shape index (κ3) is 19.7. The lowest BCUT2D eigenvalue weighted by Gasteiger charge is -1.99. The van der Waals surface area contributed by atoms with E-state index in [2.05, 4.69) is 11.5 Å². The fourth-order valence-corrected chi connectivity index (χ4v) is 0. The van der Waals surface area contributed by atoms with Gasteiger partial charge in [-0.3, -0.25) is 5.26 Å². The lowest BCUT2D eigenvalue weighted by molar-refractivity contribution is -0.237. The summed E-state index contributed by atoms with van der Waals surface area (Å²) in [5, 5.41) is 7.38. The van der Waals surface area contributed by atoms with Crippen molar-refractivity contribution in [2.45, 2.75) is 19.4 Å². The summed E-state index contributed by atoms with van der Waals surface area (Å²) in [4.78, 5) is 3.54. The Hall–Kier alpha value is -0.600. The number of alkyl halides is 3. The van der Waals surface area contributed by atoms with Gasteiger partial charge in [0.05, 0.1) is 6.61 Å². The molecule has 0 amide bonds. The van der Waals surface area contributed by atoms with Crippen LogP contribution in [0.5, 0.6) is 0 Å². The van der Waals surface area contributed by atoms with E-state index in [1.165, 1.54) is 0 Å². The van der Waals surface area contributed by atoms with Crippen LogP contribution < -0.4 is 0 Å². The van der Waals surface area contributed by atoms with E-state index in [0.717, 1.165) is 0 Å². The van der Waals surface area contributed by atoms with E-state index in [4.69, 9.17) is 5.26 Å². The van der Waals surface area contributed by atoms with Gasteiger partial charge in [-0.05, 0) is 13.8 Å². The zero-order valence-electron chi connectivity index (χ0n) is 8.71. The fourth-order valence-electron chi connectivity index (χ4n) is 0. The third-order valence-electron chi connectivity index (χ3n) is 0.550. The summed E-state index contributed by atoms with van der Waals surface area (Å²) in [6.07, 6.45) is 1.87. The molecule has 0 aliphatic rings. The first kappa shape index (κ1) is 19.9. The molecule has 94 valence electrons. The first-order chi connectivity index (χ1) is 6.58. The largest absolute Gasteiger partial charge is 0.497 e. The Morgan fingerprint density at radius 2 is 1.60 bits per heavy atom. The second-order valence-corrected chi connectivity index (χ2v) is 4.05. The van der Waals surface area contributed by atoms with Gasteiger partial charge >= 0.3 is 5.51 Å². The Morgan fingerprint density at radius 3 is 1.60 bits per heavy atom.